The van der Waals surface area contributed by atoms with Gasteiger partial charge < -0.3 is 9.88 Å². The number of aromatic amines is 1. The van der Waals surface area contributed by atoms with E-state index in [9.17, 15) is 9.59 Å². The Morgan fingerprint density at radius 2 is 1.88 bits per heavy atom. The number of benzene rings is 2. The lowest BCUT2D eigenvalue weighted by atomic mass is 9.99. The van der Waals surface area contributed by atoms with Gasteiger partial charge in [-0.1, -0.05) is 29.8 Å². The van der Waals surface area contributed by atoms with E-state index >= 15 is 0 Å². The summed E-state index contributed by atoms with van der Waals surface area (Å²) in [5, 5.41) is 6.37. The smallest absolute Gasteiger partial charge is 0.274 e. The summed E-state index contributed by atoms with van der Waals surface area (Å²) in [6.07, 6.45) is 3.42. The molecule has 5 rings (SSSR count). The zero-order valence-electron chi connectivity index (χ0n) is 19.1. The first-order chi connectivity index (χ1) is 16.0. The van der Waals surface area contributed by atoms with Gasteiger partial charge in [-0.25, -0.2) is 9.67 Å². The van der Waals surface area contributed by atoms with E-state index in [-0.39, 0.29) is 17.4 Å². The minimum absolute atomic E-state index is 0.00300. The Balaban J connectivity index is 1.20. The van der Waals surface area contributed by atoms with Crippen LogP contribution in [-0.4, -0.2) is 31.8 Å². The molecular weight excluding hydrogens is 414 g/mol. The number of imidazole rings is 1. The Hall–Kier alpha value is -3.61. The number of nitrogens with one attached hydrogen (secondary N) is 2. The van der Waals surface area contributed by atoms with Crippen molar-refractivity contribution in [3.05, 3.63) is 81.5 Å². The average molecular weight is 444 g/mol. The van der Waals surface area contributed by atoms with Gasteiger partial charge in [0.25, 0.3) is 5.56 Å². The molecule has 7 heteroatoms. The van der Waals surface area contributed by atoms with Crippen LogP contribution in [-0.2, 0) is 31.1 Å². The first-order valence-corrected chi connectivity index (χ1v) is 11.6. The minimum Gasteiger partial charge on any atom is -0.355 e. The van der Waals surface area contributed by atoms with Gasteiger partial charge in [-0.2, -0.15) is 0 Å². The van der Waals surface area contributed by atoms with Crippen LogP contribution in [0.4, 0.5) is 0 Å². The monoisotopic (exact) mass is 443 g/mol. The maximum Gasteiger partial charge on any atom is 0.274 e. The van der Waals surface area contributed by atoms with E-state index in [1.54, 1.807) is 4.68 Å². The van der Waals surface area contributed by atoms with Gasteiger partial charge in [0, 0.05) is 37.2 Å². The molecule has 2 aromatic carbocycles. The summed E-state index contributed by atoms with van der Waals surface area (Å²) in [7, 11) is 2.01. The molecule has 0 bridgehead atoms. The van der Waals surface area contributed by atoms with Crippen molar-refractivity contribution in [3.63, 3.8) is 0 Å². The molecule has 1 amide bonds. The molecule has 1 unspecified atom stereocenters. The van der Waals surface area contributed by atoms with Crippen LogP contribution in [0.3, 0.4) is 0 Å². The van der Waals surface area contributed by atoms with Crippen molar-refractivity contribution in [2.75, 3.05) is 6.54 Å². The highest BCUT2D eigenvalue weighted by molar-refractivity contribution is 5.79. The van der Waals surface area contributed by atoms with Crippen molar-refractivity contribution in [1.82, 2.24) is 24.6 Å². The number of hydrogen-bond donors (Lipinski definition) is 2. The van der Waals surface area contributed by atoms with E-state index in [2.05, 4.69) is 26.0 Å². The number of hydrogen-bond acceptors (Lipinski definition) is 3. The molecule has 0 fully saturated rings. The standard InChI is InChI=1S/C26H29N5O2/c1-17-7-11-19(12-8-17)31-26(33)20-13-9-18(10-14-21(20)29-31)25(32)27-16-15-24-28-22-5-3-4-6-23(22)30(24)2/h3-8,11-12,18,29H,9-10,13-16H2,1-2H3,(H,27,32). The molecule has 2 heterocycles. The zero-order valence-corrected chi connectivity index (χ0v) is 19.1. The number of rotatable bonds is 5. The van der Waals surface area contributed by atoms with Gasteiger partial charge in [-0.05, 0) is 56.9 Å². The van der Waals surface area contributed by atoms with E-state index in [4.69, 9.17) is 0 Å². The molecule has 0 spiro atoms. The van der Waals surface area contributed by atoms with Crippen molar-refractivity contribution in [2.45, 2.75) is 39.0 Å². The highest BCUT2D eigenvalue weighted by Gasteiger charge is 2.26. The molecule has 0 saturated carbocycles. The highest BCUT2D eigenvalue weighted by atomic mass is 16.2. The van der Waals surface area contributed by atoms with E-state index < -0.39 is 0 Å². The first kappa shape index (κ1) is 21.2. The van der Waals surface area contributed by atoms with Crippen LogP contribution in [0.25, 0.3) is 16.7 Å². The molecule has 2 N–H and O–H groups in total. The third-order valence-electron chi connectivity index (χ3n) is 6.75. The molecule has 1 atom stereocenters. The number of aromatic nitrogens is 4. The predicted octanol–water partition coefficient (Wildman–Crippen LogP) is 3.21. The summed E-state index contributed by atoms with van der Waals surface area (Å²) in [4.78, 5) is 30.5. The second-order valence-electron chi connectivity index (χ2n) is 8.94. The van der Waals surface area contributed by atoms with E-state index in [1.165, 1.54) is 0 Å². The van der Waals surface area contributed by atoms with E-state index in [1.807, 2.05) is 56.4 Å². The molecule has 0 aliphatic heterocycles. The number of carbonyl (C=O) groups is 1. The van der Waals surface area contributed by atoms with Gasteiger partial charge in [-0.15, -0.1) is 0 Å². The highest BCUT2D eigenvalue weighted by Crippen LogP contribution is 2.23. The number of amides is 1. The van der Waals surface area contributed by atoms with Crippen molar-refractivity contribution in [2.24, 2.45) is 13.0 Å². The number of fused-ring (bicyclic) bond motifs is 2. The van der Waals surface area contributed by atoms with Gasteiger partial charge >= 0.3 is 0 Å². The summed E-state index contributed by atoms with van der Waals surface area (Å²) >= 11 is 0. The third-order valence-corrected chi connectivity index (χ3v) is 6.75. The van der Waals surface area contributed by atoms with Crippen LogP contribution in [0.2, 0.25) is 0 Å². The van der Waals surface area contributed by atoms with Crippen LogP contribution < -0.4 is 10.9 Å². The van der Waals surface area contributed by atoms with Gasteiger partial charge in [0.2, 0.25) is 5.91 Å². The lowest BCUT2D eigenvalue weighted by Crippen LogP contribution is -2.33. The Kier molecular flexibility index (Phi) is 5.62. The molecule has 1 aliphatic carbocycles. The summed E-state index contributed by atoms with van der Waals surface area (Å²) in [5.41, 5.74) is 5.83. The summed E-state index contributed by atoms with van der Waals surface area (Å²) in [6, 6.07) is 16.0. The molecule has 0 saturated heterocycles. The fourth-order valence-corrected chi connectivity index (χ4v) is 4.76. The van der Waals surface area contributed by atoms with Crippen LogP contribution in [0, 0.1) is 12.8 Å². The average Bonchev–Trinajstić information content (AvgIpc) is 3.21. The van der Waals surface area contributed by atoms with Crippen molar-refractivity contribution in [1.29, 1.82) is 0 Å². The lowest BCUT2D eigenvalue weighted by Gasteiger charge is -2.14. The van der Waals surface area contributed by atoms with Gasteiger partial charge in [0.05, 0.1) is 16.7 Å². The first-order valence-electron chi connectivity index (χ1n) is 11.6. The number of aryl methyl sites for hydroxylation is 3. The third kappa shape index (κ3) is 4.11. The molecule has 7 nitrogen and oxygen atoms in total. The Morgan fingerprint density at radius 3 is 2.67 bits per heavy atom. The second-order valence-corrected chi connectivity index (χ2v) is 8.94. The van der Waals surface area contributed by atoms with E-state index in [0.717, 1.165) is 45.8 Å². The van der Waals surface area contributed by atoms with Crippen LogP contribution >= 0.6 is 0 Å². The van der Waals surface area contributed by atoms with Gasteiger partial charge in [0.1, 0.15) is 5.82 Å². The Bertz CT molecular complexity index is 1360. The number of para-hydroxylation sites is 2. The lowest BCUT2D eigenvalue weighted by molar-refractivity contribution is -0.125. The van der Waals surface area contributed by atoms with Crippen molar-refractivity contribution in [3.8, 4) is 5.69 Å². The second kappa shape index (κ2) is 8.73. The molecule has 170 valence electrons. The van der Waals surface area contributed by atoms with Crippen LogP contribution in [0.1, 0.15) is 35.5 Å². The SMILES string of the molecule is Cc1ccc(-n2[nH]c3c(c2=O)CCC(C(=O)NCCc2nc4ccccc4n2C)CC3)cc1. The fraction of sp³-hybridized carbons (Fsp3) is 0.346. The molecule has 33 heavy (non-hydrogen) atoms. The predicted molar refractivity (Wildman–Crippen MR) is 129 cm³/mol. The fourth-order valence-electron chi connectivity index (χ4n) is 4.76. The molecule has 2 aromatic heterocycles. The Morgan fingerprint density at radius 1 is 1.12 bits per heavy atom. The Labute approximate surface area is 192 Å². The van der Waals surface area contributed by atoms with Crippen LogP contribution in [0.5, 0.6) is 0 Å². The minimum atomic E-state index is -0.0848. The zero-order chi connectivity index (χ0) is 22.9. The summed E-state index contributed by atoms with van der Waals surface area (Å²) < 4.78 is 3.71. The maximum atomic E-state index is 13.0. The van der Waals surface area contributed by atoms with Gasteiger partial charge in [-0.3, -0.25) is 14.7 Å². The molecule has 1 aliphatic rings. The summed E-state index contributed by atoms with van der Waals surface area (Å²) in [6.45, 7) is 2.58. The number of nitrogens with zero attached hydrogens (tertiary/aromatic N) is 3. The van der Waals surface area contributed by atoms with Crippen molar-refractivity contribution >= 4 is 16.9 Å². The van der Waals surface area contributed by atoms with Crippen LogP contribution in [0.15, 0.2) is 53.3 Å². The largest absolute Gasteiger partial charge is 0.355 e. The normalized spacial score (nSPS) is 15.9. The topological polar surface area (TPSA) is 84.7 Å². The maximum absolute atomic E-state index is 13.0. The molecule has 4 aromatic rings. The quantitative estimate of drug-likeness (QED) is 0.465. The number of carbonyl (C=O) groups excluding carboxylic acids is 1. The van der Waals surface area contributed by atoms with Crippen molar-refractivity contribution < 1.29 is 4.79 Å². The molecule has 0 radical (unpaired) electrons. The van der Waals surface area contributed by atoms with E-state index in [0.29, 0.717) is 32.2 Å². The number of H-pyrrole nitrogens is 1. The van der Waals surface area contributed by atoms with Gasteiger partial charge in [0.15, 0.2) is 0 Å². The summed E-state index contributed by atoms with van der Waals surface area (Å²) in [5.74, 6) is 0.945. The molecular formula is C26H29N5O2.